The average molecular weight is 421 g/mol. The molecule has 0 bridgehead atoms. The van der Waals surface area contributed by atoms with E-state index in [1.54, 1.807) is 0 Å². The van der Waals surface area contributed by atoms with Crippen LogP contribution < -0.4 is 11.1 Å². The van der Waals surface area contributed by atoms with Gasteiger partial charge in [0.1, 0.15) is 12.1 Å². The SMILES string of the molecule is Nc1ncnc2cc(CN3CC[C@H](NCc4cc5cc(Cl)ccc5[nH]4)C3=O)ccc12. The van der Waals surface area contributed by atoms with Crippen LogP contribution in [0.2, 0.25) is 5.02 Å². The molecule has 0 unspecified atom stereocenters. The lowest BCUT2D eigenvalue weighted by molar-refractivity contribution is -0.129. The van der Waals surface area contributed by atoms with E-state index in [9.17, 15) is 4.79 Å². The van der Waals surface area contributed by atoms with Crippen LogP contribution in [0.25, 0.3) is 21.8 Å². The number of H-pyrrole nitrogens is 1. The highest BCUT2D eigenvalue weighted by molar-refractivity contribution is 6.31. The van der Waals surface area contributed by atoms with E-state index in [1.807, 2.05) is 41.3 Å². The minimum Gasteiger partial charge on any atom is -0.383 e. The monoisotopic (exact) mass is 420 g/mol. The zero-order valence-corrected chi connectivity index (χ0v) is 17.0. The number of aromatic amines is 1. The third-order valence-corrected chi connectivity index (χ3v) is 5.82. The normalized spacial score (nSPS) is 16.8. The Hall–Kier alpha value is -3.16. The Labute approximate surface area is 178 Å². The van der Waals surface area contributed by atoms with E-state index in [-0.39, 0.29) is 11.9 Å². The van der Waals surface area contributed by atoms with Gasteiger partial charge in [-0.05, 0) is 48.4 Å². The van der Waals surface area contributed by atoms with Gasteiger partial charge in [0.25, 0.3) is 0 Å². The van der Waals surface area contributed by atoms with E-state index in [0.29, 0.717) is 23.9 Å². The number of hydrogen-bond donors (Lipinski definition) is 3. The zero-order valence-electron chi connectivity index (χ0n) is 16.2. The number of nitrogens with one attached hydrogen (secondary N) is 2. The first-order chi connectivity index (χ1) is 14.6. The van der Waals surface area contributed by atoms with Crippen molar-refractivity contribution in [3.05, 3.63) is 65.1 Å². The van der Waals surface area contributed by atoms with Gasteiger partial charge in [-0.15, -0.1) is 0 Å². The number of nitrogens with zero attached hydrogens (tertiary/aromatic N) is 3. The minimum atomic E-state index is -0.182. The lowest BCUT2D eigenvalue weighted by Gasteiger charge is -2.17. The van der Waals surface area contributed by atoms with E-state index < -0.39 is 0 Å². The smallest absolute Gasteiger partial charge is 0.240 e. The lowest BCUT2D eigenvalue weighted by atomic mass is 10.1. The maximum absolute atomic E-state index is 12.9. The summed E-state index contributed by atoms with van der Waals surface area (Å²) in [4.78, 5) is 26.4. The van der Waals surface area contributed by atoms with Gasteiger partial charge in [0.05, 0.1) is 11.6 Å². The van der Waals surface area contributed by atoms with Gasteiger partial charge in [0, 0.05) is 46.6 Å². The number of carbonyl (C=O) groups is 1. The van der Waals surface area contributed by atoms with Gasteiger partial charge in [-0.1, -0.05) is 17.7 Å². The van der Waals surface area contributed by atoms with Crippen molar-refractivity contribution >= 4 is 45.1 Å². The van der Waals surface area contributed by atoms with Crippen molar-refractivity contribution in [2.24, 2.45) is 0 Å². The van der Waals surface area contributed by atoms with Crippen molar-refractivity contribution < 1.29 is 4.79 Å². The van der Waals surface area contributed by atoms with E-state index in [0.717, 1.165) is 46.0 Å². The van der Waals surface area contributed by atoms with Crippen molar-refractivity contribution in [2.45, 2.75) is 25.6 Å². The van der Waals surface area contributed by atoms with Crippen molar-refractivity contribution in [1.29, 1.82) is 0 Å². The first-order valence-electron chi connectivity index (χ1n) is 9.85. The Morgan fingerprint density at radius 3 is 3.00 bits per heavy atom. The van der Waals surface area contributed by atoms with E-state index in [1.165, 1.54) is 6.33 Å². The molecule has 2 aromatic heterocycles. The molecular formula is C22H21ClN6O. The Morgan fingerprint density at radius 2 is 2.10 bits per heavy atom. The molecular weight excluding hydrogens is 400 g/mol. The predicted octanol–water partition coefficient (Wildman–Crippen LogP) is 3.24. The molecule has 1 amide bonds. The first-order valence-corrected chi connectivity index (χ1v) is 10.2. The lowest BCUT2D eigenvalue weighted by Crippen LogP contribution is -2.37. The number of anilines is 1. The molecule has 4 aromatic rings. The van der Waals surface area contributed by atoms with E-state index >= 15 is 0 Å². The van der Waals surface area contributed by atoms with Crippen LogP contribution in [-0.2, 0) is 17.9 Å². The molecule has 4 N–H and O–H groups in total. The molecule has 0 saturated carbocycles. The van der Waals surface area contributed by atoms with Crippen LogP contribution in [0.4, 0.5) is 5.82 Å². The fraction of sp³-hybridized carbons (Fsp3) is 0.227. The standard InChI is InChI=1S/C22H21ClN6O/c23-15-2-4-18-14(8-15)9-16(28-18)10-25-19-5-6-29(22(19)30)11-13-1-3-17-20(7-13)26-12-27-21(17)24/h1-4,7-9,12,19,25,28H,5-6,10-11H2,(H2,24,26,27)/t19-/m0/s1. The number of benzene rings is 2. The van der Waals surface area contributed by atoms with Gasteiger partial charge >= 0.3 is 0 Å². The second-order valence-corrected chi connectivity index (χ2v) is 8.05. The maximum atomic E-state index is 12.9. The third kappa shape index (κ3) is 3.58. The van der Waals surface area contributed by atoms with Crippen LogP contribution >= 0.6 is 11.6 Å². The van der Waals surface area contributed by atoms with Crippen molar-refractivity contribution in [1.82, 2.24) is 25.2 Å². The molecule has 1 saturated heterocycles. The van der Waals surface area contributed by atoms with E-state index in [2.05, 4.69) is 26.3 Å². The van der Waals surface area contributed by atoms with Crippen LogP contribution in [0.1, 0.15) is 17.7 Å². The number of carbonyl (C=O) groups excluding carboxylic acids is 1. The third-order valence-electron chi connectivity index (χ3n) is 5.58. The highest BCUT2D eigenvalue weighted by Crippen LogP contribution is 2.22. The Kier molecular flexibility index (Phi) is 4.77. The second-order valence-electron chi connectivity index (χ2n) is 7.62. The van der Waals surface area contributed by atoms with Crippen LogP contribution in [0, 0.1) is 0 Å². The van der Waals surface area contributed by atoms with Gasteiger partial charge in [-0.25, -0.2) is 9.97 Å². The molecule has 0 aliphatic carbocycles. The molecule has 1 atom stereocenters. The predicted molar refractivity (Wildman–Crippen MR) is 118 cm³/mol. The Bertz CT molecular complexity index is 1250. The fourth-order valence-electron chi connectivity index (χ4n) is 4.02. The quantitative estimate of drug-likeness (QED) is 0.460. The summed E-state index contributed by atoms with van der Waals surface area (Å²) in [5, 5.41) is 5.99. The zero-order chi connectivity index (χ0) is 20.7. The van der Waals surface area contributed by atoms with Crippen LogP contribution in [0.5, 0.6) is 0 Å². The van der Waals surface area contributed by atoms with Gasteiger partial charge in [0.15, 0.2) is 0 Å². The topological polar surface area (TPSA) is 99.9 Å². The summed E-state index contributed by atoms with van der Waals surface area (Å²) in [6.07, 6.45) is 2.24. The average Bonchev–Trinajstić information content (AvgIpc) is 3.29. The number of likely N-dealkylation sites (tertiary alicyclic amines) is 1. The molecule has 3 heterocycles. The van der Waals surface area contributed by atoms with Crippen LogP contribution in [0.3, 0.4) is 0 Å². The van der Waals surface area contributed by atoms with Crippen molar-refractivity contribution in [2.75, 3.05) is 12.3 Å². The molecule has 0 spiro atoms. The number of rotatable bonds is 5. The van der Waals surface area contributed by atoms with E-state index in [4.69, 9.17) is 17.3 Å². The van der Waals surface area contributed by atoms with Gasteiger partial charge in [-0.2, -0.15) is 0 Å². The molecule has 152 valence electrons. The molecule has 8 heteroatoms. The number of nitrogens with two attached hydrogens (primary N) is 1. The highest BCUT2D eigenvalue weighted by atomic mass is 35.5. The minimum absolute atomic E-state index is 0.122. The van der Waals surface area contributed by atoms with Crippen molar-refractivity contribution in [3.63, 3.8) is 0 Å². The molecule has 7 nitrogen and oxygen atoms in total. The summed E-state index contributed by atoms with van der Waals surface area (Å²) in [6.45, 7) is 1.88. The summed E-state index contributed by atoms with van der Waals surface area (Å²) in [5.74, 6) is 0.587. The number of aromatic nitrogens is 3. The largest absolute Gasteiger partial charge is 0.383 e. The van der Waals surface area contributed by atoms with Crippen molar-refractivity contribution in [3.8, 4) is 0 Å². The van der Waals surface area contributed by atoms with Gasteiger partial charge in [0.2, 0.25) is 5.91 Å². The molecule has 1 aliphatic heterocycles. The van der Waals surface area contributed by atoms with Crippen LogP contribution in [0.15, 0.2) is 48.8 Å². The van der Waals surface area contributed by atoms with Crippen LogP contribution in [-0.4, -0.2) is 38.3 Å². The fourth-order valence-corrected chi connectivity index (χ4v) is 4.20. The summed E-state index contributed by atoms with van der Waals surface area (Å²) in [6, 6.07) is 13.5. The number of fused-ring (bicyclic) bond motifs is 2. The highest BCUT2D eigenvalue weighted by Gasteiger charge is 2.31. The maximum Gasteiger partial charge on any atom is 0.240 e. The number of halogens is 1. The number of hydrogen-bond acceptors (Lipinski definition) is 5. The summed E-state index contributed by atoms with van der Waals surface area (Å²) < 4.78 is 0. The second kappa shape index (κ2) is 7.59. The summed E-state index contributed by atoms with van der Waals surface area (Å²) in [7, 11) is 0. The molecule has 1 fully saturated rings. The first kappa shape index (κ1) is 18.8. The van der Waals surface area contributed by atoms with Gasteiger partial charge < -0.3 is 20.9 Å². The summed E-state index contributed by atoms with van der Waals surface area (Å²) >= 11 is 6.06. The molecule has 0 radical (unpaired) electrons. The Morgan fingerprint density at radius 1 is 1.20 bits per heavy atom. The number of nitrogen functional groups attached to an aromatic ring is 1. The molecule has 1 aliphatic rings. The molecule has 2 aromatic carbocycles. The summed E-state index contributed by atoms with van der Waals surface area (Å²) in [5.41, 5.74) is 9.78. The molecule has 5 rings (SSSR count). The Balaban J connectivity index is 1.23. The number of amides is 1. The van der Waals surface area contributed by atoms with Gasteiger partial charge in [-0.3, -0.25) is 4.79 Å². The molecule has 30 heavy (non-hydrogen) atoms.